The molecule has 1 fully saturated rings. The average molecular weight is 356 g/mol. The van der Waals surface area contributed by atoms with Crippen LogP contribution in [-0.2, 0) is 14.6 Å². The molecule has 0 spiro atoms. The number of ether oxygens (including phenoxy) is 2. The van der Waals surface area contributed by atoms with E-state index in [1.807, 2.05) is 0 Å². The molecule has 1 aromatic carbocycles. The molecule has 0 aromatic heterocycles. The minimum absolute atomic E-state index is 0.0290. The third-order valence-electron chi connectivity index (χ3n) is 4.27. The van der Waals surface area contributed by atoms with E-state index in [4.69, 9.17) is 15.2 Å². The number of amides is 1. The van der Waals surface area contributed by atoms with Gasteiger partial charge in [-0.3, -0.25) is 4.79 Å². The van der Waals surface area contributed by atoms with Gasteiger partial charge in [0.2, 0.25) is 5.91 Å². The summed E-state index contributed by atoms with van der Waals surface area (Å²) in [5, 5.41) is 0. The van der Waals surface area contributed by atoms with Crippen LogP contribution in [0.1, 0.15) is 19.3 Å². The Kier molecular flexibility index (Phi) is 6.06. The second-order valence-corrected chi connectivity index (χ2v) is 7.81. The molecule has 2 N–H and O–H groups in total. The van der Waals surface area contributed by atoms with E-state index in [2.05, 4.69) is 0 Å². The van der Waals surface area contributed by atoms with Crippen molar-refractivity contribution in [3.8, 4) is 11.5 Å². The maximum Gasteiger partial charge on any atom is 0.223 e. The van der Waals surface area contributed by atoms with Crippen LogP contribution in [0.25, 0.3) is 0 Å². The maximum atomic E-state index is 12.5. The highest BCUT2D eigenvalue weighted by molar-refractivity contribution is 7.91. The minimum atomic E-state index is -3.58. The van der Waals surface area contributed by atoms with E-state index >= 15 is 0 Å². The summed E-state index contributed by atoms with van der Waals surface area (Å²) in [5.74, 6) is 0.393. The van der Waals surface area contributed by atoms with Gasteiger partial charge in [-0.15, -0.1) is 0 Å². The Labute approximate surface area is 142 Å². The predicted molar refractivity (Wildman–Crippen MR) is 90.0 cm³/mol. The summed E-state index contributed by atoms with van der Waals surface area (Å²) >= 11 is 0. The number of methoxy groups -OCH3 is 2. The van der Waals surface area contributed by atoms with Crippen LogP contribution in [0.2, 0.25) is 0 Å². The summed E-state index contributed by atoms with van der Waals surface area (Å²) in [6.45, 7) is 1.06. The van der Waals surface area contributed by atoms with Gasteiger partial charge in [-0.2, -0.15) is 0 Å². The number of rotatable bonds is 7. The van der Waals surface area contributed by atoms with Gasteiger partial charge in [-0.25, -0.2) is 8.42 Å². The van der Waals surface area contributed by atoms with Crippen LogP contribution >= 0.6 is 0 Å². The number of sulfone groups is 1. The SMILES string of the molecule is COc1ccc(S(=O)(=O)CCC(=O)N2CCCC2CN)cc1OC. The number of nitrogens with two attached hydrogens (primary N) is 1. The van der Waals surface area contributed by atoms with Crippen molar-refractivity contribution < 1.29 is 22.7 Å². The summed E-state index contributed by atoms with van der Waals surface area (Å²) in [4.78, 5) is 14.1. The zero-order valence-corrected chi connectivity index (χ0v) is 14.8. The van der Waals surface area contributed by atoms with E-state index in [1.54, 1.807) is 11.0 Å². The van der Waals surface area contributed by atoms with Crippen LogP contribution in [0.3, 0.4) is 0 Å². The number of benzene rings is 1. The molecular formula is C16H24N2O5S. The van der Waals surface area contributed by atoms with Crippen molar-refractivity contribution in [2.75, 3.05) is 33.1 Å². The molecule has 0 radical (unpaired) electrons. The van der Waals surface area contributed by atoms with Crippen molar-refractivity contribution in [2.24, 2.45) is 5.73 Å². The molecule has 1 atom stereocenters. The van der Waals surface area contributed by atoms with Crippen LogP contribution in [0, 0.1) is 0 Å². The lowest BCUT2D eigenvalue weighted by Gasteiger charge is -2.23. The summed E-state index contributed by atoms with van der Waals surface area (Å²) in [7, 11) is -0.658. The first kappa shape index (κ1) is 18.5. The quantitative estimate of drug-likeness (QED) is 0.776. The molecule has 24 heavy (non-hydrogen) atoms. The molecule has 1 amide bonds. The predicted octanol–water partition coefficient (Wildman–Crippen LogP) is 0.817. The number of carbonyl (C=O) groups excluding carboxylic acids is 1. The maximum absolute atomic E-state index is 12.5. The van der Waals surface area contributed by atoms with E-state index < -0.39 is 9.84 Å². The molecule has 1 aliphatic heterocycles. The van der Waals surface area contributed by atoms with E-state index in [-0.39, 0.29) is 29.0 Å². The molecule has 1 unspecified atom stereocenters. The lowest BCUT2D eigenvalue weighted by atomic mass is 10.2. The standard InChI is InChI=1S/C16H24N2O5S/c1-22-14-6-5-13(10-15(14)23-2)24(20,21)9-7-16(19)18-8-3-4-12(18)11-17/h5-6,10,12H,3-4,7-9,11,17H2,1-2H3. The highest BCUT2D eigenvalue weighted by Crippen LogP contribution is 2.30. The summed E-state index contributed by atoms with van der Waals surface area (Å²) in [5.41, 5.74) is 5.66. The van der Waals surface area contributed by atoms with Crippen molar-refractivity contribution in [1.82, 2.24) is 4.90 Å². The number of carbonyl (C=O) groups is 1. The second kappa shape index (κ2) is 7.85. The number of likely N-dealkylation sites (tertiary alicyclic amines) is 1. The Morgan fingerprint density at radius 3 is 2.62 bits per heavy atom. The molecule has 0 aliphatic carbocycles. The Balaban J connectivity index is 2.07. The molecule has 2 rings (SSSR count). The molecule has 134 valence electrons. The molecule has 8 heteroatoms. The van der Waals surface area contributed by atoms with Gasteiger partial charge in [0.05, 0.1) is 24.9 Å². The molecule has 1 heterocycles. The zero-order chi connectivity index (χ0) is 17.7. The largest absolute Gasteiger partial charge is 0.493 e. The first-order valence-electron chi connectivity index (χ1n) is 7.87. The lowest BCUT2D eigenvalue weighted by molar-refractivity contribution is -0.131. The Morgan fingerprint density at radius 2 is 2.00 bits per heavy atom. The first-order chi connectivity index (χ1) is 11.4. The second-order valence-electron chi connectivity index (χ2n) is 5.70. The molecule has 1 aromatic rings. The fraction of sp³-hybridized carbons (Fsp3) is 0.562. The van der Waals surface area contributed by atoms with E-state index in [0.717, 1.165) is 12.8 Å². The van der Waals surface area contributed by atoms with Crippen molar-refractivity contribution in [3.05, 3.63) is 18.2 Å². The highest BCUT2D eigenvalue weighted by Gasteiger charge is 2.28. The number of hydrogen-bond donors (Lipinski definition) is 1. The van der Waals surface area contributed by atoms with Gasteiger partial charge in [0.15, 0.2) is 21.3 Å². The van der Waals surface area contributed by atoms with E-state index in [1.165, 1.54) is 26.4 Å². The molecule has 1 saturated heterocycles. The van der Waals surface area contributed by atoms with Crippen LogP contribution in [-0.4, -0.2) is 58.3 Å². The highest BCUT2D eigenvalue weighted by atomic mass is 32.2. The van der Waals surface area contributed by atoms with Gasteiger partial charge < -0.3 is 20.1 Å². The number of hydrogen-bond acceptors (Lipinski definition) is 6. The molecule has 0 saturated carbocycles. The van der Waals surface area contributed by atoms with Crippen LogP contribution in [0.15, 0.2) is 23.1 Å². The molecule has 7 nitrogen and oxygen atoms in total. The van der Waals surface area contributed by atoms with Gasteiger partial charge >= 0.3 is 0 Å². The van der Waals surface area contributed by atoms with Crippen LogP contribution in [0.4, 0.5) is 0 Å². The molecule has 1 aliphatic rings. The van der Waals surface area contributed by atoms with Gasteiger partial charge in [-0.1, -0.05) is 0 Å². The summed E-state index contributed by atoms with van der Waals surface area (Å²) < 4.78 is 35.2. The fourth-order valence-electron chi connectivity index (χ4n) is 2.90. The van der Waals surface area contributed by atoms with Gasteiger partial charge in [-0.05, 0) is 25.0 Å². The Bertz CT molecular complexity index is 690. The van der Waals surface area contributed by atoms with Gasteiger partial charge in [0.1, 0.15) is 0 Å². The monoisotopic (exact) mass is 356 g/mol. The fourth-order valence-corrected chi connectivity index (χ4v) is 4.14. The third-order valence-corrected chi connectivity index (χ3v) is 5.98. The van der Waals surface area contributed by atoms with Crippen LogP contribution < -0.4 is 15.2 Å². The van der Waals surface area contributed by atoms with Crippen molar-refractivity contribution >= 4 is 15.7 Å². The Hall–Kier alpha value is -1.80. The van der Waals surface area contributed by atoms with Crippen molar-refractivity contribution in [1.29, 1.82) is 0 Å². The van der Waals surface area contributed by atoms with Crippen molar-refractivity contribution in [2.45, 2.75) is 30.2 Å². The van der Waals surface area contributed by atoms with E-state index in [9.17, 15) is 13.2 Å². The molecular weight excluding hydrogens is 332 g/mol. The zero-order valence-electron chi connectivity index (χ0n) is 14.0. The summed E-state index contributed by atoms with van der Waals surface area (Å²) in [6.07, 6.45) is 1.74. The normalized spacial score (nSPS) is 17.8. The van der Waals surface area contributed by atoms with Gasteiger partial charge in [0, 0.05) is 31.6 Å². The number of nitrogens with zero attached hydrogens (tertiary/aromatic N) is 1. The van der Waals surface area contributed by atoms with Crippen molar-refractivity contribution in [3.63, 3.8) is 0 Å². The van der Waals surface area contributed by atoms with E-state index in [0.29, 0.717) is 24.6 Å². The molecule has 0 bridgehead atoms. The van der Waals surface area contributed by atoms with Crippen LogP contribution in [0.5, 0.6) is 11.5 Å². The third kappa shape index (κ3) is 3.99. The lowest BCUT2D eigenvalue weighted by Crippen LogP contribution is -2.40. The Morgan fingerprint density at radius 1 is 1.29 bits per heavy atom. The smallest absolute Gasteiger partial charge is 0.223 e. The first-order valence-corrected chi connectivity index (χ1v) is 9.52. The topological polar surface area (TPSA) is 98.9 Å². The minimum Gasteiger partial charge on any atom is -0.493 e. The summed E-state index contributed by atoms with van der Waals surface area (Å²) in [6, 6.07) is 4.44. The van der Waals surface area contributed by atoms with Gasteiger partial charge in [0.25, 0.3) is 0 Å². The average Bonchev–Trinajstić information content (AvgIpc) is 3.07.